The maximum atomic E-state index is 12.3. The lowest BCUT2D eigenvalue weighted by atomic mass is 10.2. The Labute approximate surface area is 153 Å². The minimum atomic E-state index is -0.628. The van der Waals surface area contributed by atoms with E-state index in [1.807, 2.05) is 6.07 Å². The third-order valence-corrected chi connectivity index (χ3v) is 4.74. The van der Waals surface area contributed by atoms with Gasteiger partial charge < -0.3 is 15.2 Å². The van der Waals surface area contributed by atoms with Crippen molar-refractivity contribution in [1.29, 1.82) is 0 Å². The number of aromatic nitrogens is 2. The van der Waals surface area contributed by atoms with Crippen molar-refractivity contribution >= 4 is 34.8 Å². The first kappa shape index (κ1) is 17.6. The van der Waals surface area contributed by atoms with Gasteiger partial charge in [-0.1, -0.05) is 23.2 Å². The van der Waals surface area contributed by atoms with Crippen LogP contribution < -0.4 is 21.5 Å². The smallest absolute Gasteiger partial charge is 0.328 e. The molecule has 0 spiro atoms. The summed E-state index contributed by atoms with van der Waals surface area (Å²) in [6.07, 6.45) is 1.86. The summed E-state index contributed by atoms with van der Waals surface area (Å²) in [4.78, 5) is 40.1. The van der Waals surface area contributed by atoms with E-state index in [1.165, 1.54) is 7.05 Å². The Balaban J connectivity index is 1.71. The summed E-state index contributed by atoms with van der Waals surface area (Å²) in [5, 5.41) is 3.94. The molecule has 1 aromatic carbocycles. The van der Waals surface area contributed by atoms with Crippen LogP contribution in [0.25, 0.3) is 0 Å². The van der Waals surface area contributed by atoms with Crippen LogP contribution >= 0.6 is 23.2 Å². The largest absolute Gasteiger partial charge is 0.368 e. The highest BCUT2D eigenvalue weighted by molar-refractivity contribution is 6.36. The standard InChI is InChI=1S/C16H16Cl2N4O3/c1-21-15(24)11(7-19-16(21)25)14(23)20-10-4-5-22(8-10)13-3-2-9(17)6-12(13)18/h2-3,6-7,10H,4-5,8H2,1H3,(H,19,25)(H,20,23). The van der Waals surface area contributed by atoms with Gasteiger partial charge in [-0.3, -0.25) is 14.2 Å². The molecule has 0 saturated carbocycles. The SMILES string of the molecule is Cn1c(=O)[nH]cc(C(=O)NC2CCN(c3ccc(Cl)cc3Cl)C2)c1=O. The molecule has 132 valence electrons. The lowest BCUT2D eigenvalue weighted by Crippen LogP contribution is -2.42. The van der Waals surface area contributed by atoms with Crippen molar-refractivity contribution in [2.45, 2.75) is 12.5 Å². The van der Waals surface area contributed by atoms with E-state index in [1.54, 1.807) is 12.1 Å². The molecule has 1 aromatic heterocycles. The molecule has 0 bridgehead atoms. The molecule has 2 N–H and O–H groups in total. The lowest BCUT2D eigenvalue weighted by molar-refractivity contribution is 0.0937. The second-order valence-corrected chi connectivity index (χ2v) is 6.72. The van der Waals surface area contributed by atoms with E-state index in [4.69, 9.17) is 23.2 Å². The first-order valence-corrected chi connectivity index (χ1v) is 8.42. The van der Waals surface area contributed by atoms with E-state index in [2.05, 4.69) is 15.2 Å². The van der Waals surface area contributed by atoms with Gasteiger partial charge in [-0.15, -0.1) is 0 Å². The third-order valence-electron chi connectivity index (χ3n) is 4.20. The van der Waals surface area contributed by atoms with Crippen LogP contribution in [0.4, 0.5) is 5.69 Å². The van der Waals surface area contributed by atoms with Gasteiger partial charge in [0.15, 0.2) is 0 Å². The predicted octanol–water partition coefficient (Wildman–Crippen LogP) is 1.39. The second kappa shape index (κ2) is 6.93. The number of amides is 1. The molecule has 2 heterocycles. The summed E-state index contributed by atoms with van der Waals surface area (Å²) in [7, 11) is 1.32. The minimum absolute atomic E-state index is 0.0925. The Kier molecular flexibility index (Phi) is 4.87. The highest BCUT2D eigenvalue weighted by Gasteiger charge is 2.26. The number of halogens is 2. The number of rotatable bonds is 3. The highest BCUT2D eigenvalue weighted by atomic mass is 35.5. The number of benzene rings is 1. The van der Waals surface area contributed by atoms with Gasteiger partial charge in [0, 0.05) is 37.4 Å². The number of hydrogen-bond acceptors (Lipinski definition) is 4. The van der Waals surface area contributed by atoms with Crippen LogP contribution in [0.3, 0.4) is 0 Å². The van der Waals surface area contributed by atoms with Crippen molar-refractivity contribution < 1.29 is 4.79 Å². The molecule has 7 nitrogen and oxygen atoms in total. The van der Waals surface area contributed by atoms with Crippen molar-refractivity contribution in [3.63, 3.8) is 0 Å². The molecule has 3 rings (SSSR count). The number of nitrogens with one attached hydrogen (secondary N) is 2. The van der Waals surface area contributed by atoms with Gasteiger partial charge in [-0.25, -0.2) is 4.79 Å². The Morgan fingerprint density at radius 1 is 1.32 bits per heavy atom. The van der Waals surface area contributed by atoms with Gasteiger partial charge in [-0.05, 0) is 24.6 Å². The number of anilines is 1. The number of H-pyrrole nitrogens is 1. The fourth-order valence-electron chi connectivity index (χ4n) is 2.83. The summed E-state index contributed by atoms with van der Waals surface area (Å²) in [5.74, 6) is -0.508. The van der Waals surface area contributed by atoms with Crippen molar-refractivity contribution in [3.8, 4) is 0 Å². The van der Waals surface area contributed by atoms with E-state index < -0.39 is 17.2 Å². The predicted molar refractivity (Wildman–Crippen MR) is 96.8 cm³/mol. The topological polar surface area (TPSA) is 87.2 Å². The number of hydrogen-bond donors (Lipinski definition) is 2. The van der Waals surface area contributed by atoms with Crippen LogP contribution in [0.15, 0.2) is 34.0 Å². The first-order valence-electron chi connectivity index (χ1n) is 7.66. The minimum Gasteiger partial charge on any atom is -0.368 e. The van der Waals surface area contributed by atoms with Gasteiger partial charge in [0.05, 0.1) is 10.7 Å². The molecular formula is C16H16Cl2N4O3. The summed E-state index contributed by atoms with van der Waals surface area (Å²) in [5.41, 5.74) is -0.435. The average Bonchev–Trinajstić information content (AvgIpc) is 3.00. The van der Waals surface area contributed by atoms with E-state index >= 15 is 0 Å². The van der Waals surface area contributed by atoms with Crippen LogP contribution in [-0.4, -0.2) is 34.6 Å². The summed E-state index contributed by atoms with van der Waals surface area (Å²) in [6.45, 7) is 1.28. The molecule has 9 heteroatoms. The highest BCUT2D eigenvalue weighted by Crippen LogP contribution is 2.31. The fourth-order valence-corrected chi connectivity index (χ4v) is 3.35. The maximum Gasteiger partial charge on any atom is 0.328 e. The summed E-state index contributed by atoms with van der Waals surface area (Å²) in [6, 6.07) is 5.15. The first-order chi connectivity index (χ1) is 11.9. The number of carbonyl (C=O) groups excluding carboxylic acids is 1. The zero-order valence-electron chi connectivity index (χ0n) is 13.4. The molecule has 1 amide bonds. The van der Waals surface area contributed by atoms with E-state index in [-0.39, 0.29) is 11.6 Å². The number of nitrogens with zero attached hydrogens (tertiary/aromatic N) is 2. The van der Waals surface area contributed by atoms with Crippen molar-refractivity contribution in [1.82, 2.24) is 14.9 Å². The van der Waals surface area contributed by atoms with Gasteiger partial charge >= 0.3 is 5.69 Å². The van der Waals surface area contributed by atoms with Crippen LogP contribution in [-0.2, 0) is 7.05 Å². The average molecular weight is 383 g/mol. The number of carbonyl (C=O) groups is 1. The molecule has 1 aliphatic heterocycles. The lowest BCUT2D eigenvalue weighted by Gasteiger charge is -2.20. The van der Waals surface area contributed by atoms with Crippen LogP contribution in [0.2, 0.25) is 10.0 Å². The Bertz CT molecular complexity index is 938. The van der Waals surface area contributed by atoms with E-state index in [9.17, 15) is 14.4 Å². The molecule has 1 unspecified atom stereocenters. The summed E-state index contributed by atoms with van der Waals surface area (Å²) >= 11 is 12.1. The van der Waals surface area contributed by atoms with E-state index in [0.717, 1.165) is 23.0 Å². The van der Waals surface area contributed by atoms with Gasteiger partial charge in [-0.2, -0.15) is 0 Å². The van der Waals surface area contributed by atoms with Crippen molar-refractivity contribution in [2.75, 3.05) is 18.0 Å². The van der Waals surface area contributed by atoms with Crippen molar-refractivity contribution in [2.24, 2.45) is 7.05 Å². The quantitative estimate of drug-likeness (QED) is 0.839. The normalized spacial score (nSPS) is 16.9. The summed E-state index contributed by atoms with van der Waals surface area (Å²) < 4.78 is 0.864. The van der Waals surface area contributed by atoms with E-state index in [0.29, 0.717) is 23.0 Å². The molecule has 25 heavy (non-hydrogen) atoms. The van der Waals surface area contributed by atoms with Crippen LogP contribution in [0, 0.1) is 0 Å². The zero-order valence-corrected chi connectivity index (χ0v) is 14.9. The Hall–Kier alpha value is -2.25. The van der Waals surface area contributed by atoms with Gasteiger partial charge in [0.25, 0.3) is 11.5 Å². The number of aromatic amines is 1. The molecule has 1 aliphatic rings. The fraction of sp³-hybridized carbons (Fsp3) is 0.312. The molecule has 1 fully saturated rings. The van der Waals surface area contributed by atoms with Gasteiger partial charge in [0.1, 0.15) is 5.56 Å². The van der Waals surface area contributed by atoms with Crippen molar-refractivity contribution in [3.05, 3.63) is 60.8 Å². The Morgan fingerprint density at radius 3 is 2.80 bits per heavy atom. The van der Waals surface area contributed by atoms with Gasteiger partial charge in [0.2, 0.25) is 0 Å². The molecular weight excluding hydrogens is 367 g/mol. The second-order valence-electron chi connectivity index (χ2n) is 5.87. The molecule has 0 radical (unpaired) electrons. The maximum absolute atomic E-state index is 12.3. The zero-order chi connectivity index (χ0) is 18.1. The molecule has 1 saturated heterocycles. The van der Waals surface area contributed by atoms with Crippen LogP contribution in [0.5, 0.6) is 0 Å². The molecule has 0 aliphatic carbocycles. The molecule has 2 aromatic rings. The van der Waals surface area contributed by atoms with Crippen LogP contribution in [0.1, 0.15) is 16.8 Å². The third kappa shape index (κ3) is 3.57. The Morgan fingerprint density at radius 2 is 2.08 bits per heavy atom. The molecule has 1 atom stereocenters. The monoisotopic (exact) mass is 382 g/mol.